The van der Waals surface area contributed by atoms with Gasteiger partial charge in [0.2, 0.25) is 11.8 Å². The molecule has 41 heavy (non-hydrogen) atoms. The van der Waals surface area contributed by atoms with Crippen molar-refractivity contribution in [3.63, 3.8) is 0 Å². The van der Waals surface area contributed by atoms with E-state index in [1.807, 2.05) is 6.92 Å². The van der Waals surface area contributed by atoms with Crippen molar-refractivity contribution >= 4 is 34.7 Å². The molecule has 2 atom stereocenters. The summed E-state index contributed by atoms with van der Waals surface area (Å²) in [6.45, 7) is 3.00. The van der Waals surface area contributed by atoms with Gasteiger partial charge in [0.1, 0.15) is 11.8 Å². The monoisotopic (exact) mass is 581 g/mol. The molecule has 3 amide bonds. The lowest BCUT2D eigenvalue weighted by molar-refractivity contribution is -0.126. The lowest BCUT2D eigenvalue weighted by Gasteiger charge is -2.32. The van der Waals surface area contributed by atoms with Gasteiger partial charge in [0.25, 0.3) is 5.91 Å². The predicted molar refractivity (Wildman–Crippen MR) is 156 cm³/mol. The Labute approximate surface area is 243 Å². The first-order valence-corrected chi connectivity index (χ1v) is 14.3. The van der Waals surface area contributed by atoms with Gasteiger partial charge in [0, 0.05) is 18.8 Å². The molecule has 11 heteroatoms. The summed E-state index contributed by atoms with van der Waals surface area (Å²) in [6.07, 6.45) is 1.68. The Kier molecular flexibility index (Phi) is 10.6. The molecule has 0 spiro atoms. The van der Waals surface area contributed by atoms with Crippen molar-refractivity contribution in [2.75, 3.05) is 45.4 Å². The molecule has 1 aromatic heterocycles. The van der Waals surface area contributed by atoms with Gasteiger partial charge >= 0.3 is 0 Å². The van der Waals surface area contributed by atoms with Crippen molar-refractivity contribution in [2.45, 2.75) is 31.9 Å². The Morgan fingerprint density at radius 3 is 2.46 bits per heavy atom. The van der Waals surface area contributed by atoms with E-state index < -0.39 is 17.9 Å². The second-order valence-electron chi connectivity index (χ2n) is 9.25. The standard InChI is InChI=1S/C30H35N3O7S/c1-4-39-22-12-10-21(11-13-22)33(27(34)19-32-29(35)26-8-6-16-41-26)28(30(36)31-18-23-7-5-15-40-23)20-9-14-24(37-2)25(17-20)38-3/h6,8-14,16-17,23,28H,4-5,7,15,18-19H2,1-3H3,(H,31,36)(H,32,35)/t23-,28-/m1/s1. The first-order valence-electron chi connectivity index (χ1n) is 13.4. The largest absolute Gasteiger partial charge is 0.494 e. The van der Waals surface area contributed by atoms with Crippen LogP contribution in [-0.2, 0) is 14.3 Å². The minimum Gasteiger partial charge on any atom is -0.494 e. The van der Waals surface area contributed by atoms with Crippen molar-refractivity contribution in [1.29, 1.82) is 0 Å². The van der Waals surface area contributed by atoms with E-state index in [1.165, 1.54) is 30.5 Å². The first kappa shape index (κ1) is 29.9. The summed E-state index contributed by atoms with van der Waals surface area (Å²) < 4.78 is 22.2. The minimum atomic E-state index is -1.10. The maximum Gasteiger partial charge on any atom is 0.261 e. The Morgan fingerprint density at radius 2 is 1.83 bits per heavy atom. The number of methoxy groups -OCH3 is 2. The fraction of sp³-hybridized carbons (Fsp3) is 0.367. The number of nitrogens with zero attached hydrogens (tertiary/aromatic N) is 1. The second kappa shape index (κ2) is 14.5. The van der Waals surface area contributed by atoms with Crippen LogP contribution in [-0.4, -0.2) is 64.3 Å². The molecule has 3 aromatic rings. The third kappa shape index (κ3) is 7.56. The molecule has 0 bridgehead atoms. The van der Waals surface area contributed by atoms with Gasteiger partial charge in [-0.25, -0.2) is 0 Å². The van der Waals surface area contributed by atoms with Gasteiger partial charge in [-0.3, -0.25) is 19.3 Å². The van der Waals surface area contributed by atoms with Crippen LogP contribution in [0.15, 0.2) is 60.0 Å². The van der Waals surface area contributed by atoms with Crippen LogP contribution >= 0.6 is 11.3 Å². The highest BCUT2D eigenvalue weighted by atomic mass is 32.1. The summed E-state index contributed by atoms with van der Waals surface area (Å²) in [5.41, 5.74) is 0.954. The molecule has 218 valence electrons. The van der Waals surface area contributed by atoms with Gasteiger partial charge < -0.3 is 29.6 Å². The van der Waals surface area contributed by atoms with Crippen LogP contribution in [0.5, 0.6) is 17.2 Å². The van der Waals surface area contributed by atoms with Crippen molar-refractivity contribution in [3.8, 4) is 17.2 Å². The zero-order chi connectivity index (χ0) is 29.2. The molecule has 1 saturated heterocycles. The highest BCUT2D eigenvalue weighted by Gasteiger charge is 2.34. The molecule has 2 aromatic carbocycles. The maximum atomic E-state index is 13.9. The number of ether oxygens (including phenoxy) is 4. The molecular formula is C30H35N3O7S. The number of thiophene rings is 1. The average molecular weight is 582 g/mol. The smallest absolute Gasteiger partial charge is 0.261 e. The molecule has 0 aliphatic carbocycles. The van der Waals surface area contributed by atoms with E-state index in [0.717, 1.165) is 12.8 Å². The molecular weight excluding hydrogens is 546 g/mol. The molecule has 1 fully saturated rings. The van der Waals surface area contributed by atoms with Crippen molar-refractivity contribution < 1.29 is 33.3 Å². The molecule has 1 aliphatic rings. The molecule has 1 aliphatic heterocycles. The SMILES string of the molecule is CCOc1ccc(N(C(=O)CNC(=O)c2cccs2)[C@@H](C(=O)NC[C@H]2CCCO2)c2ccc(OC)c(OC)c2)cc1. The number of anilines is 1. The van der Waals surface area contributed by atoms with E-state index in [9.17, 15) is 14.4 Å². The molecule has 0 radical (unpaired) electrons. The van der Waals surface area contributed by atoms with Gasteiger partial charge in [-0.1, -0.05) is 12.1 Å². The Bertz CT molecular complexity index is 1310. The zero-order valence-electron chi connectivity index (χ0n) is 23.4. The number of benzene rings is 2. The molecule has 10 nitrogen and oxygen atoms in total. The van der Waals surface area contributed by atoms with Crippen LogP contribution in [0.4, 0.5) is 5.69 Å². The second-order valence-corrected chi connectivity index (χ2v) is 10.2. The number of hydrogen-bond donors (Lipinski definition) is 2. The van der Waals surface area contributed by atoms with Crippen LogP contribution in [0.1, 0.15) is 41.0 Å². The molecule has 0 unspecified atom stereocenters. The summed E-state index contributed by atoms with van der Waals surface area (Å²) >= 11 is 1.28. The molecule has 2 heterocycles. The zero-order valence-corrected chi connectivity index (χ0v) is 24.2. The number of amides is 3. The van der Waals surface area contributed by atoms with Gasteiger partial charge in [-0.05, 0) is 73.2 Å². The van der Waals surface area contributed by atoms with E-state index in [2.05, 4.69) is 10.6 Å². The highest BCUT2D eigenvalue weighted by Crippen LogP contribution is 2.35. The summed E-state index contributed by atoms with van der Waals surface area (Å²) in [5, 5.41) is 7.45. The van der Waals surface area contributed by atoms with Crippen molar-refractivity contribution in [1.82, 2.24) is 10.6 Å². The topological polar surface area (TPSA) is 115 Å². The number of nitrogens with one attached hydrogen (secondary N) is 2. The van der Waals surface area contributed by atoms with Crippen LogP contribution in [0.25, 0.3) is 0 Å². The lowest BCUT2D eigenvalue weighted by atomic mass is 10.0. The first-order chi connectivity index (χ1) is 19.9. The number of rotatable bonds is 13. The quantitative estimate of drug-likeness (QED) is 0.314. The Balaban J connectivity index is 1.72. The minimum absolute atomic E-state index is 0.0929. The number of carbonyl (C=O) groups is 3. The van der Waals surface area contributed by atoms with Gasteiger partial charge in [-0.15, -0.1) is 11.3 Å². The predicted octanol–water partition coefficient (Wildman–Crippen LogP) is 3.96. The van der Waals surface area contributed by atoms with Gasteiger partial charge in [0.05, 0.1) is 38.4 Å². The summed E-state index contributed by atoms with van der Waals surface area (Å²) in [6, 6.07) is 14.3. The fourth-order valence-corrected chi connectivity index (χ4v) is 5.24. The Morgan fingerprint density at radius 1 is 1.05 bits per heavy atom. The van der Waals surface area contributed by atoms with Crippen molar-refractivity contribution in [3.05, 3.63) is 70.4 Å². The summed E-state index contributed by atoms with van der Waals surface area (Å²) in [4.78, 5) is 42.4. The number of carbonyl (C=O) groups excluding carboxylic acids is 3. The molecule has 2 N–H and O–H groups in total. The van der Waals surface area contributed by atoms with E-state index in [4.69, 9.17) is 18.9 Å². The van der Waals surface area contributed by atoms with Crippen LogP contribution in [0.3, 0.4) is 0 Å². The Hall–Kier alpha value is -4.09. The van der Waals surface area contributed by atoms with E-state index in [0.29, 0.717) is 53.1 Å². The number of hydrogen-bond acceptors (Lipinski definition) is 8. The normalized spacial score (nSPS) is 15.0. The third-order valence-electron chi connectivity index (χ3n) is 6.60. The summed E-state index contributed by atoms with van der Waals surface area (Å²) in [7, 11) is 3.03. The van der Waals surface area contributed by atoms with Crippen molar-refractivity contribution in [2.24, 2.45) is 0 Å². The van der Waals surface area contributed by atoms with E-state index >= 15 is 0 Å². The van der Waals surface area contributed by atoms with Crippen LogP contribution in [0.2, 0.25) is 0 Å². The lowest BCUT2D eigenvalue weighted by Crippen LogP contribution is -2.48. The maximum absolute atomic E-state index is 13.9. The average Bonchev–Trinajstić information content (AvgIpc) is 3.73. The van der Waals surface area contributed by atoms with Gasteiger partial charge in [0.15, 0.2) is 11.5 Å². The molecule has 0 saturated carbocycles. The molecule has 4 rings (SSSR count). The van der Waals surface area contributed by atoms with E-state index in [1.54, 1.807) is 60.0 Å². The highest BCUT2D eigenvalue weighted by molar-refractivity contribution is 7.12. The third-order valence-corrected chi connectivity index (χ3v) is 7.47. The van der Waals surface area contributed by atoms with E-state index in [-0.39, 0.29) is 18.6 Å². The van der Waals surface area contributed by atoms with Gasteiger partial charge in [-0.2, -0.15) is 0 Å². The van der Waals surface area contributed by atoms with Crippen LogP contribution in [0, 0.1) is 0 Å². The fourth-order valence-electron chi connectivity index (χ4n) is 4.60. The van der Waals surface area contributed by atoms with Crippen LogP contribution < -0.4 is 29.7 Å². The summed E-state index contributed by atoms with van der Waals surface area (Å²) in [5.74, 6) is 0.264.